The minimum Gasteiger partial charge on any atom is -0.543 e. The van der Waals surface area contributed by atoms with Gasteiger partial charge in [-0.15, -0.1) is 0 Å². The molecule has 4 aromatic rings. The SMILES string of the molecule is C[C@@H]1CN([C@H](c2ccc(-c3cncc(C#N)c3)cc2)c2cccc(O[Si](C)(C)C(C)(C)C)c2)[C@@H](C)CN1Cc1ccccc1. The minimum absolute atomic E-state index is 0.0758. The number of rotatable bonds is 8. The van der Waals surface area contributed by atoms with Crippen molar-refractivity contribution in [3.63, 3.8) is 0 Å². The van der Waals surface area contributed by atoms with Crippen LogP contribution in [0.5, 0.6) is 5.75 Å². The molecule has 5 rings (SSSR count). The quantitative estimate of drug-likeness (QED) is 0.189. The number of pyridine rings is 1. The maximum atomic E-state index is 9.37. The predicted molar refractivity (Wildman–Crippen MR) is 183 cm³/mol. The van der Waals surface area contributed by atoms with Crippen molar-refractivity contribution in [1.29, 1.82) is 5.26 Å². The van der Waals surface area contributed by atoms with Crippen LogP contribution in [-0.4, -0.2) is 48.3 Å². The number of aromatic nitrogens is 1. The van der Waals surface area contributed by atoms with E-state index in [0.29, 0.717) is 17.6 Å². The summed E-state index contributed by atoms with van der Waals surface area (Å²) < 4.78 is 6.79. The van der Waals surface area contributed by atoms with Crippen LogP contribution < -0.4 is 4.43 Å². The summed E-state index contributed by atoms with van der Waals surface area (Å²) in [6.45, 7) is 19.1. The Hall–Kier alpha value is -3.76. The Bertz CT molecular complexity index is 1590. The van der Waals surface area contributed by atoms with Gasteiger partial charge in [0.15, 0.2) is 0 Å². The molecule has 1 saturated heterocycles. The van der Waals surface area contributed by atoms with Gasteiger partial charge in [0.05, 0.1) is 11.6 Å². The lowest BCUT2D eigenvalue weighted by Crippen LogP contribution is -2.56. The molecule has 3 aromatic carbocycles. The van der Waals surface area contributed by atoms with Gasteiger partial charge >= 0.3 is 0 Å². The molecule has 2 heterocycles. The van der Waals surface area contributed by atoms with Crippen LogP contribution in [0.1, 0.15) is 62.9 Å². The zero-order valence-electron chi connectivity index (χ0n) is 27.3. The van der Waals surface area contributed by atoms with Crippen LogP contribution in [-0.2, 0) is 6.54 Å². The third kappa shape index (κ3) is 7.13. The highest BCUT2D eigenvalue weighted by Crippen LogP contribution is 2.40. The Labute approximate surface area is 265 Å². The fraction of sp³-hybridized carbons (Fsp3) is 0.368. The fourth-order valence-corrected chi connectivity index (χ4v) is 6.93. The standard InChI is InChI=1S/C38H46N4OSi/c1-28-26-42(29(2)25-41(28)27-30-12-9-8-10-13-30)37(34-14-11-15-36(21-34)43-44(6,7)38(3,4)5)33-18-16-32(17-19-33)35-20-31(22-39)23-40-24-35/h8-21,23-24,28-29,37H,25-27H2,1-7H3/t28-,29+,37-/m1/s1. The molecule has 0 bridgehead atoms. The van der Waals surface area contributed by atoms with Crippen LogP contribution in [0.25, 0.3) is 11.1 Å². The van der Waals surface area contributed by atoms with Crippen LogP contribution in [0, 0.1) is 11.3 Å². The molecule has 5 nitrogen and oxygen atoms in total. The number of hydrogen-bond donors (Lipinski definition) is 0. The van der Waals surface area contributed by atoms with E-state index in [4.69, 9.17) is 4.43 Å². The first-order valence-corrected chi connectivity index (χ1v) is 18.6. The van der Waals surface area contributed by atoms with Gasteiger partial charge in [-0.25, -0.2) is 0 Å². The first-order chi connectivity index (χ1) is 20.9. The summed E-state index contributed by atoms with van der Waals surface area (Å²) in [5, 5.41) is 9.49. The molecule has 3 atom stereocenters. The average molecular weight is 603 g/mol. The first kappa shape index (κ1) is 31.7. The van der Waals surface area contributed by atoms with E-state index in [1.807, 2.05) is 12.3 Å². The molecule has 6 heteroatoms. The van der Waals surface area contributed by atoms with Crippen molar-refractivity contribution in [1.82, 2.24) is 14.8 Å². The monoisotopic (exact) mass is 602 g/mol. The second-order valence-electron chi connectivity index (χ2n) is 13.8. The van der Waals surface area contributed by atoms with E-state index in [9.17, 15) is 5.26 Å². The Morgan fingerprint density at radius 3 is 2.27 bits per heavy atom. The third-order valence-electron chi connectivity index (χ3n) is 9.50. The lowest BCUT2D eigenvalue weighted by atomic mass is 9.92. The Balaban J connectivity index is 1.49. The molecule has 44 heavy (non-hydrogen) atoms. The third-order valence-corrected chi connectivity index (χ3v) is 13.9. The number of hydrogen-bond acceptors (Lipinski definition) is 5. The molecule has 0 radical (unpaired) electrons. The summed E-state index contributed by atoms with van der Waals surface area (Å²) in [5.74, 6) is 0.957. The molecule has 0 aliphatic carbocycles. The number of benzene rings is 3. The van der Waals surface area contributed by atoms with E-state index in [2.05, 4.69) is 147 Å². The number of piperazine rings is 1. The molecule has 1 aliphatic heterocycles. The topological polar surface area (TPSA) is 52.4 Å². The lowest BCUT2D eigenvalue weighted by molar-refractivity contribution is 0.0195. The summed E-state index contributed by atoms with van der Waals surface area (Å²) in [7, 11) is -2.00. The molecule has 0 spiro atoms. The fourth-order valence-electron chi connectivity index (χ4n) is 5.91. The molecule has 1 fully saturated rings. The second kappa shape index (κ2) is 13.1. The van der Waals surface area contributed by atoms with E-state index in [-0.39, 0.29) is 11.1 Å². The Kier molecular flexibility index (Phi) is 9.41. The van der Waals surface area contributed by atoms with E-state index in [1.54, 1.807) is 6.20 Å². The molecule has 0 N–H and O–H groups in total. The summed E-state index contributed by atoms with van der Waals surface area (Å²) in [6.07, 6.45) is 3.43. The first-order valence-electron chi connectivity index (χ1n) is 15.7. The predicted octanol–water partition coefficient (Wildman–Crippen LogP) is 8.69. The Morgan fingerprint density at radius 1 is 0.864 bits per heavy atom. The summed E-state index contributed by atoms with van der Waals surface area (Å²) in [5.41, 5.74) is 6.43. The van der Waals surface area contributed by atoms with E-state index >= 15 is 0 Å². The van der Waals surface area contributed by atoms with Crippen molar-refractivity contribution in [3.8, 4) is 22.9 Å². The second-order valence-corrected chi connectivity index (χ2v) is 18.6. The molecular weight excluding hydrogens is 557 g/mol. The smallest absolute Gasteiger partial charge is 0.250 e. The summed E-state index contributed by atoms with van der Waals surface area (Å²) in [4.78, 5) is 9.56. The Morgan fingerprint density at radius 2 is 1.59 bits per heavy atom. The molecule has 228 valence electrons. The summed E-state index contributed by atoms with van der Waals surface area (Å²) >= 11 is 0. The maximum absolute atomic E-state index is 9.37. The molecule has 0 unspecified atom stereocenters. The number of nitrogens with zero attached hydrogens (tertiary/aromatic N) is 4. The van der Waals surface area contributed by atoms with E-state index in [1.165, 1.54) is 16.7 Å². The zero-order chi connectivity index (χ0) is 31.5. The van der Waals surface area contributed by atoms with E-state index in [0.717, 1.165) is 36.5 Å². The minimum atomic E-state index is -2.00. The average Bonchev–Trinajstić information content (AvgIpc) is 3.00. The van der Waals surface area contributed by atoms with Crippen LogP contribution in [0.15, 0.2) is 97.3 Å². The van der Waals surface area contributed by atoms with Gasteiger partial charge in [-0.05, 0) is 72.4 Å². The van der Waals surface area contributed by atoms with Gasteiger partial charge in [-0.2, -0.15) is 5.26 Å². The van der Waals surface area contributed by atoms with Gasteiger partial charge in [-0.3, -0.25) is 14.8 Å². The zero-order valence-corrected chi connectivity index (χ0v) is 28.3. The molecule has 1 aromatic heterocycles. The molecule has 0 saturated carbocycles. The van der Waals surface area contributed by atoms with Crippen LogP contribution in [0.4, 0.5) is 0 Å². The van der Waals surface area contributed by atoms with Crippen molar-refractivity contribution in [2.24, 2.45) is 0 Å². The van der Waals surface area contributed by atoms with Gasteiger partial charge in [0.25, 0.3) is 0 Å². The highest BCUT2D eigenvalue weighted by atomic mass is 28.4. The van der Waals surface area contributed by atoms with Gasteiger partial charge in [-0.1, -0.05) is 87.5 Å². The van der Waals surface area contributed by atoms with Crippen molar-refractivity contribution >= 4 is 8.32 Å². The molecular formula is C38H46N4OSi. The molecule has 0 amide bonds. The van der Waals surface area contributed by atoms with Crippen molar-refractivity contribution in [2.45, 2.75) is 77.4 Å². The lowest BCUT2D eigenvalue weighted by Gasteiger charge is -2.48. The normalized spacial score (nSPS) is 18.9. The highest BCUT2D eigenvalue weighted by molar-refractivity contribution is 6.74. The van der Waals surface area contributed by atoms with Crippen LogP contribution >= 0.6 is 0 Å². The van der Waals surface area contributed by atoms with Crippen molar-refractivity contribution in [2.75, 3.05) is 13.1 Å². The van der Waals surface area contributed by atoms with Gasteiger partial charge in [0, 0.05) is 49.7 Å². The largest absolute Gasteiger partial charge is 0.543 e. The van der Waals surface area contributed by atoms with Crippen LogP contribution in [0.2, 0.25) is 18.1 Å². The number of nitriles is 1. The van der Waals surface area contributed by atoms with Gasteiger partial charge in [0.2, 0.25) is 8.32 Å². The molecule has 1 aliphatic rings. The van der Waals surface area contributed by atoms with Gasteiger partial charge in [0.1, 0.15) is 11.8 Å². The van der Waals surface area contributed by atoms with Crippen molar-refractivity contribution in [3.05, 3.63) is 120 Å². The van der Waals surface area contributed by atoms with Crippen LogP contribution in [0.3, 0.4) is 0 Å². The van der Waals surface area contributed by atoms with E-state index < -0.39 is 8.32 Å². The highest BCUT2D eigenvalue weighted by Gasteiger charge is 2.39. The van der Waals surface area contributed by atoms with Gasteiger partial charge < -0.3 is 4.43 Å². The van der Waals surface area contributed by atoms with Crippen molar-refractivity contribution < 1.29 is 4.43 Å². The summed E-state index contributed by atoms with van der Waals surface area (Å²) in [6, 6.07) is 33.3. The maximum Gasteiger partial charge on any atom is 0.250 e.